The van der Waals surface area contributed by atoms with E-state index in [4.69, 9.17) is 9.47 Å². The molecule has 2 aliphatic rings. The van der Waals surface area contributed by atoms with Crippen LogP contribution in [0.15, 0.2) is 18.2 Å². The minimum Gasteiger partial charge on any atom is -0.493 e. The summed E-state index contributed by atoms with van der Waals surface area (Å²) >= 11 is 0. The maximum atomic E-state index is 13.1. The van der Waals surface area contributed by atoms with Crippen LogP contribution < -0.4 is 25.4 Å². The Morgan fingerprint density at radius 3 is 2.32 bits per heavy atom. The molecular formula is C20H30ClN3O4. The number of rotatable bonds is 7. The van der Waals surface area contributed by atoms with Gasteiger partial charge < -0.3 is 25.4 Å². The Kier molecular flexibility index (Phi) is 7.55. The van der Waals surface area contributed by atoms with E-state index in [0.717, 1.165) is 25.9 Å². The molecule has 0 aromatic heterocycles. The molecule has 1 heterocycles. The molecule has 156 valence electrons. The summed E-state index contributed by atoms with van der Waals surface area (Å²) in [7, 11) is 3.12. The van der Waals surface area contributed by atoms with Crippen LogP contribution in [0.4, 0.5) is 5.69 Å². The quantitative estimate of drug-likeness (QED) is 0.641. The first-order valence-corrected chi connectivity index (χ1v) is 9.55. The fourth-order valence-corrected chi connectivity index (χ4v) is 3.78. The predicted molar refractivity (Wildman–Crippen MR) is 110 cm³/mol. The van der Waals surface area contributed by atoms with Crippen LogP contribution in [-0.4, -0.2) is 44.7 Å². The monoisotopic (exact) mass is 411 g/mol. The zero-order valence-electron chi connectivity index (χ0n) is 16.7. The molecule has 3 N–H and O–H groups in total. The molecule has 8 heteroatoms. The molecule has 28 heavy (non-hydrogen) atoms. The molecule has 1 aromatic carbocycles. The van der Waals surface area contributed by atoms with Crippen molar-refractivity contribution in [2.45, 2.75) is 38.1 Å². The third-order valence-electron chi connectivity index (χ3n) is 5.83. The molecule has 7 nitrogen and oxygen atoms in total. The van der Waals surface area contributed by atoms with Crippen LogP contribution in [0.5, 0.6) is 11.5 Å². The second-order valence-electron chi connectivity index (χ2n) is 7.51. The number of anilines is 1. The van der Waals surface area contributed by atoms with E-state index in [9.17, 15) is 9.59 Å². The van der Waals surface area contributed by atoms with Crippen LogP contribution in [0.3, 0.4) is 0 Å². The van der Waals surface area contributed by atoms with Gasteiger partial charge in [0.1, 0.15) is 5.54 Å². The van der Waals surface area contributed by atoms with Crippen LogP contribution >= 0.6 is 12.4 Å². The standard InChI is InChI=1S/C20H29N3O4.ClH/c1-13(14-11-21-12-14)18(24)23-20(8-4-5-9-20)19(25)22-15-6-7-16(26-2)17(10-15)27-3;/h6-7,10,13-14,21H,4-5,8-9,11-12H2,1-3H3,(H,22,25)(H,23,24);1H. The van der Waals surface area contributed by atoms with E-state index in [-0.39, 0.29) is 30.1 Å². The lowest BCUT2D eigenvalue weighted by molar-refractivity contribution is -0.133. The minimum absolute atomic E-state index is 0. The number of ether oxygens (including phenoxy) is 2. The average molecular weight is 412 g/mol. The van der Waals surface area contributed by atoms with Crippen LogP contribution in [0.25, 0.3) is 0 Å². The number of carbonyl (C=O) groups excluding carboxylic acids is 2. The summed E-state index contributed by atoms with van der Waals surface area (Å²) in [6.45, 7) is 3.66. The molecule has 0 radical (unpaired) electrons. The van der Waals surface area contributed by atoms with Gasteiger partial charge in [-0.25, -0.2) is 0 Å². The number of carbonyl (C=O) groups is 2. The first-order chi connectivity index (χ1) is 13.0. The Balaban J connectivity index is 0.00000280. The maximum absolute atomic E-state index is 13.1. The molecule has 2 amide bonds. The Labute approximate surface area is 172 Å². The van der Waals surface area contributed by atoms with Gasteiger partial charge in [-0.15, -0.1) is 12.4 Å². The van der Waals surface area contributed by atoms with Gasteiger partial charge in [0.25, 0.3) is 0 Å². The predicted octanol–water partition coefficient (Wildman–Crippen LogP) is 2.35. The average Bonchev–Trinajstić information content (AvgIpc) is 3.09. The highest BCUT2D eigenvalue weighted by Gasteiger charge is 2.44. The van der Waals surface area contributed by atoms with Crippen molar-refractivity contribution in [3.63, 3.8) is 0 Å². The van der Waals surface area contributed by atoms with Crippen molar-refractivity contribution in [2.75, 3.05) is 32.6 Å². The van der Waals surface area contributed by atoms with Crippen molar-refractivity contribution in [1.82, 2.24) is 10.6 Å². The molecule has 0 spiro atoms. The van der Waals surface area contributed by atoms with Gasteiger partial charge in [0.15, 0.2) is 11.5 Å². The Hall–Kier alpha value is -1.99. The van der Waals surface area contributed by atoms with Gasteiger partial charge >= 0.3 is 0 Å². The molecule has 1 aliphatic carbocycles. The number of hydrogen-bond acceptors (Lipinski definition) is 5. The van der Waals surface area contributed by atoms with E-state index in [1.165, 1.54) is 0 Å². The number of methoxy groups -OCH3 is 2. The third-order valence-corrected chi connectivity index (χ3v) is 5.83. The summed E-state index contributed by atoms with van der Waals surface area (Å²) < 4.78 is 10.5. The first-order valence-electron chi connectivity index (χ1n) is 9.55. The molecule has 1 saturated heterocycles. The van der Waals surface area contributed by atoms with Crippen LogP contribution in [0.1, 0.15) is 32.6 Å². The van der Waals surface area contributed by atoms with Crippen molar-refractivity contribution >= 4 is 29.9 Å². The van der Waals surface area contributed by atoms with Gasteiger partial charge in [0.2, 0.25) is 11.8 Å². The topological polar surface area (TPSA) is 88.7 Å². The van der Waals surface area contributed by atoms with Gasteiger partial charge in [-0.05, 0) is 44.0 Å². The van der Waals surface area contributed by atoms with Crippen molar-refractivity contribution in [2.24, 2.45) is 11.8 Å². The minimum atomic E-state index is -0.838. The molecule has 2 fully saturated rings. The van der Waals surface area contributed by atoms with Gasteiger partial charge in [0, 0.05) is 17.7 Å². The van der Waals surface area contributed by atoms with Crippen LogP contribution in [-0.2, 0) is 9.59 Å². The van der Waals surface area contributed by atoms with Gasteiger partial charge in [-0.1, -0.05) is 19.8 Å². The molecule has 0 bridgehead atoms. The Bertz CT molecular complexity index is 703. The molecule has 1 aromatic rings. The number of nitrogens with one attached hydrogen (secondary N) is 3. The van der Waals surface area contributed by atoms with E-state index >= 15 is 0 Å². The summed E-state index contributed by atoms with van der Waals surface area (Å²) in [6, 6.07) is 5.25. The van der Waals surface area contributed by atoms with E-state index in [2.05, 4.69) is 16.0 Å². The largest absolute Gasteiger partial charge is 0.493 e. The summed E-state index contributed by atoms with van der Waals surface area (Å²) in [5.74, 6) is 1.19. The highest BCUT2D eigenvalue weighted by Crippen LogP contribution is 2.34. The summed E-state index contributed by atoms with van der Waals surface area (Å²) in [6.07, 6.45) is 3.18. The zero-order chi connectivity index (χ0) is 19.4. The maximum Gasteiger partial charge on any atom is 0.250 e. The lowest BCUT2D eigenvalue weighted by Crippen LogP contribution is -2.58. The van der Waals surface area contributed by atoms with Crippen molar-refractivity contribution in [1.29, 1.82) is 0 Å². The number of benzene rings is 1. The third kappa shape index (κ3) is 4.52. The summed E-state index contributed by atoms with van der Waals surface area (Å²) in [5.41, 5.74) is -0.218. The summed E-state index contributed by atoms with van der Waals surface area (Å²) in [4.78, 5) is 25.8. The summed E-state index contributed by atoms with van der Waals surface area (Å²) in [5, 5.41) is 9.22. The van der Waals surface area contributed by atoms with Crippen molar-refractivity contribution < 1.29 is 19.1 Å². The Morgan fingerprint density at radius 2 is 1.79 bits per heavy atom. The molecule has 1 unspecified atom stereocenters. The lowest BCUT2D eigenvalue weighted by atomic mass is 9.86. The van der Waals surface area contributed by atoms with Gasteiger partial charge in [-0.3, -0.25) is 9.59 Å². The normalized spacial score (nSPS) is 19.0. The molecule has 1 atom stereocenters. The van der Waals surface area contributed by atoms with Gasteiger partial charge in [0.05, 0.1) is 14.2 Å². The van der Waals surface area contributed by atoms with E-state index in [1.807, 2.05) is 6.92 Å². The van der Waals surface area contributed by atoms with Crippen molar-refractivity contribution in [3.05, 3.63) is 18.2 Å². The fraction of sp³-hybridized carbons (Fsp3) is 0.600. The number of halogens is 1. The van der Waals surface area contributed by atoms with Crippen LogP contribution in [0, 0.1) is 11.8 Å². The number of amides is 2. The first kappa shape index (κ1) is 22.3. The molecule has 1 aliphatic heterocycles. The fourth-order valence-electron chi connectivity index (χ4n) is 3.78. The van der Waals surface area contributed by atoms with Crippen molar-refractivity contribution in [3.8, 4) is 11.5 Å². The van der Waals surface area contributed by atoms with E-state index in [1.54, 1.807) is 32.4 Å². The molecule has 1 saturated carbocycles. The van der Waals surface area contributed by atoms with Gasteiger partial charge in [-0.2, -0.15) is 0 Å². The highest BCUT2D eigenvalue weighted by atomic mass is 35.5. The van der Waals surface area contributed by atoms with E-state index in [0.29, 0.717) is 35.9 Å². The van der Waals surface area contributed by atoms with E-state index < -0.39 is 5.54 Å². The second-order valence-corrected chi connectivity index (χ2v) is 7.51. The highest BCUT2D eigenvalue weighted by molar-refractivity contribution is 6.01. The Morgan fingerprint density at radius 1 is 1.14 bits per heavy atom. The zero-order valence-corrected chi connectivity index (χ0v) is 17.5. The smallest absolute Gasteiger partial charge is 0.250 e. The second kappa shape index (κ2) is 9.47. The number of hydrogen-bond donors (Lipinski definition) is 3. The van der Waals surface area contributed by atoms with Crippen LogP contribution in [0.2, 0.25) is 0 Å². The lowest BCUT2D eigenvalue weighted by Gasteiger charge is -2.35. The molecular weight excluding hydrogens is 382 g/mol. The molecule has 3 rings (SSSR count). The SMILES string of the molecule is COc1ccc(NC(=O)C2(NC(=O)C(C)C3CNC3)CCCC2)cc1OC.Cl.